The Bertz CT molecular complexity index is 482. The molecule has 1 aromatic heterocycles. The van der Waals surface area contributed by atoms with Crippen molar-refractivity contribution >= 4 is 5.96 Å². The van der Waals surface area contributed by atoms with Crippen LogP contribution < -0.4 is 10.5 Å². The summed E-state index contributed by atoms with van der Waals surface area (Å²) in [5, 5.41) is 0. The van der Waals surface area contributed by atoms with E-state index in [0.717, 1.165) is 31.6 Å². The summed E-state index contributed by atoms with van der Waals surface area (Å²) in [6.07, 6.45) is 4.32. The summed E-state index contributed by atoms with van der Waals surface area (Å²) < 4.78 is 10.8. The Morgan fingerprint density at radius 1 is 1.50 bits per heavy atom. The fourth-order valence-electron chi connectivity index (χ4n) is 2.75. The van der Waals surface area contributed by atoms with E-state index in [1.165, 1.54) is 0 Å². The fraction of sp³-hybridized carbons (Fsp3) is 0.571. The first-order valence-electron chi connectivity index (χ1n) is 6.96. The van der Waals surface area contributed by atoms with Gasteiger partial charge in [0.25, 0.3) is 0 Å². The van der Waals surface area contributed by atoms with Crippen LogP contribution in [0.4, 0.5) is 0 Å². The Hall–Kier alpha value is -1.82. The molecule has 0 bridgehead atoms. The SMILES string of the molecule is COc1ccc(C2CN=C(N)N2CC2CCCO2)cn1. The highest BCUT2D eigenvalue weighted by molar-refractivity contribution is 5.80. The third-order valence-corrected chi connectivity index (χ3v) is 3.87. The van der Waals surface area contributed by atoms with Crippen LogP contribution >= 0.6 is 0 Å². The van der Waals surface area contributed by atoms with Gasteiger partial charge in [-0.2, -0.15) is 0 Å². The van der Waals surface area contributed by atoms with E-state index in [1.54, 1.807) is 7.11 Å². The highest BCUT2D eigenvalue weighted by Crippen LogP contribution is 2.27. The highest BCUT2D eigenvalue weighted by Gasteiger charge is 2.31. The Labute approximate surface area is 118 Å². The lowest BCUT2D eigenvalue weighted by Gasteiger charge is -2.28. The molecule has 0 amide bonds. The molecule has 3 heterocycles. The minimum atomic E-state index is 0.151. The molecule has 3 rings (SSSR count). The number of aliphatic imine (C=N–C) groups is 1. The number of guanidine groups is 1. The molecular formula is C14H20N4O2. The second kappa shape index (κ2) is 5.66. The maximum absolute atomic E-state index is 6.02. The lowest BCUT2D eigenvalue weighted by Crippen LogP contribution is -2.41. The summed E-state index contributed by atoms with van der Waals surface area (Å²) in [5.41, 5.74) is 7.12. The summed E-state index contributed by atoms with van der Waals surface area (Å²) >= 11 is 0. The molecule has 6 nitrogen and oxygen atoms in total. The van der Waals surface area contributed by atoms with Crippen molar-refractivity contribution in [3.63, 3.8) is 0 Å². The fourth-order valence-corrected chi connectivity index (χ4v) is 2.75. The monoisotopic (exact) mass is 276 g/mol. The van der Waals surface area contributed by atoms with E-state index in [9.17, 15) is 0 Å². The van der Waals surface area contributed by atoms with Crippen LogP contribution in [-0.2, 0) is 4.74 Å². The van der Waals surface area contributed by atoms with Gasteiger partial charge in [0.15, 0.2) is 5.96 Å². The van der Waals surface area contributed by atoms with E-state index in [0.29, 0.717) is 18.4 Å². The highest BCUT2D eigenvalue weighted by atomic mass is 16.5. The molecule has 1 saturated heterocycles. The normalized spacial score (nSPS) is 25.9. The zero-order chi connectivity index (χ0) is 13.9. The van der Waals surface area contributed by atoms with Crippen molar-refractivity contribution in [1.29, 1.82) is 0 Å². The first kappa shape index (κ1) is 13.2. The molecule has 2 N–H and O–H groups in total. The molecule has 2 aliphatic rings. The van der Waals surface area contributed by atoms with E-state index in [2.05, 4.69) is 14.9 Å². The molecule has 0 aliphatic carbocycles. The molecule has 20 heavy (non-hydrogen) atoms. The number of aromatic nitrogens is 1. The summed E-state index contributed by atoms with van der Waals surface area (Å²) in [4.78, 5) is 10.8. The van der Waals surface area contributed by atoms with Crippen LogP contribution in [0.15, 0.2) is 23.3 Å². The van der Waals surface area contributed by atoms with E-state index < -0.39 is 0 Å². The Morgan fingerprint density at radius 3 is 3.05 bits per heavy atom. The van der Waals surface area contributed by atoms with Crippen LogP contribution in [0.25, 0.3) is 0 Å². The van der Waals surface area contributed by atoms with Gasteiger partial charge in [-0.15, -0.1) is 0 Å². The topological polar surface area (TPSA) is 73.0 Å². The maximum atomic E-state index is 6.02. The average Bonchev–Trinajstić information content (AvgIpc) is 3.11. The van der Waals surface area contributed by atoms with Gasteiger partial charge in [-0.05, 0) is 24.5 Å². The van der Waals surface area contributed by atoms with Crippen LogP contribution in [0.5, 0.6) is 5.88 Å². The van der Waals surface area contributed by atoms with Crippen molar-refractivity contribution in [2.45, 2.75) is 25.0 Å². The van der Waals surface area contributed by atoms with Crippen LogP contribution in [0.1, 0.15) is 24.4 Å². The number of nitrogens with two attached hydrogens (primary N) is 1. The van der Waals surface area contributed by atoms with E-state index in [-0.39, 0.29) is 12.1 Å². The van der Waals surface area contributed by atoms with Crippen molar-refractivity contribution in [1.82, 2.24) is 9.88 Å². The molecule has 108 valence electrons. The molecule has 1 aromatic rings. The summed E-state index contributed by atoms with van der Waals surface area (Å²) in [5.74, 6) is 1.22. The van der Waals surface area contributed by atoms with Gasteiger partial charge in [-0.3, -0.25) is 4.99 Å². The summed E-state index contributed by atoms with van der Waals surface area (Å²) in [7, 11) is 1.61. The molecule has 1 fully saturated rings. The lowest BCUT2D eigenvalue weighted by molar-refractivity contribution is 0.0852. The third-order valence-electron chi connectivity index (χ3n) is 3.87. The molecular weight excluding hydrogens is 256 g/mol. The van der Waals surface area contributed by atoms with E-state index in [4.69, 9.17) is 15.2 Å². The van der Waals surface area contributed by atoms with Crippen LogP contribution in [0, 0.1) is 0 Å². The smallest absolute Gasteiger partial charge is 0.212 e. The first-order valence-corrected chi connectivity index (χ1v) is 6.96. The van der Waals surface area contributed by atoms with Gasteiger partial charge in [-0.1, -0.05) is 0 Å². The zero-order valence-corrected chi connectivity index (χ0v) is 11.7. The lowest BCUT2D eigenvalue weighted by atomic mass is 10.1. The number of rotatable bonds is 4. The molecule has 0 radical (unpaired) electrons. The standard InChI is InChI=1S/C14H20N4O2/c1-19-13-5-4-10(7-16-13)12-8-17-14(15)18(12)9-11-3-2-6-20-11/h4-5,7,11-12H,2-3,6,8-9H2,1H3,(H2,15,17). The summed E-state index contributed by atoms with van der Waals surface area (Å²) in [6, 6.07) is 4.04. The predicted octanol–water partition coefficient (Wildman–Crippen LogP) is 0.941. The Balaban J connectivity index is 1.73. The molecule has 2 aliphatic heterocycles. The molecule has 0 saturated carbocycles. The van der Waals surface area contributed by atoms with Crippen molar-refractivity contribution < 1.29 is 9.47 Å². The Kier molecular flexibility index (Phi) is 3.73. The average molecular weight is 276 g/mol. The van der Waals surface area contributed by atoms with Gasteiger partial charge < -0.3 is 20.1 Å². The van der Waals surface area contributed by atoms with Gasteiger partial charge in [-0.25, -0.2) is 4.98 Å². The quantitative estimate of drug-likeness (QED) is 0.886. The number of nitrogens with zero attached hydrogens (tertiary/aromatic N) is 3. The van der Waals surface area contributed by atoms with Gasteiger partial charge in [0, 0.05) is 25.4 Å². The largest absolute Gasteiger partial charge is 0.481 e. The minimum Gasteiger partial charge on any atom is -0.481 e. The number of hydrogen-bond acceptors (Lipinski definition) is 6. The van der Waals surface area contributed by atoms with Crippen LogP contribution in [0.3, 0.4) is 0 Å². The maximum Gasteiger partial charge on any atom is 0.212 e. The zero-order valence-electron chi connectivity index (χ0n) is 11.7. The number of hydrogen-bond donors (Lipinski definition) is 1. The summed E-state index contributed by atoms with van der Waals surface area (Å²) in [6.45, 7) is 2.32. The van der Waals surface area contributed by atoms with E-state index >= 15 is 0 Å². The molecule has 2 atom stereocenters. The number of ether oxygens (including phenoxy) is 2. The van der Waals surface area contributed by atoms with Crippen molar-refractivity contribution in [3.8, 4) is 5.88 Å². The Morgan fingerprint density at radius 2 is 2.40 bits per heavy atom. The van der Waals surface area contributed by atoms with Gasteiger partial charge >= 0.3 is 0 Å². The van der Waals surface area contributed by atoms with Crippen molar-refractivity contribution in [2.75, 3.05) is 26.8 Å². The number of methoxy groups -OCH3 is 1. The van der Waals surface area contributed by atoms with Crippen LogP contribution in [-0.4, -0.2) is 48.8 Å². The van der Waals surface area contributed by atoms with Crippen LogP contribution in [0.2, 0.25) is 0 Å². The molecule has 6 heteroatoms. The van der Waals surface area contributed by atoms with Crippen molar-refractivity contribution in [3.05, 3.63) is 23.9 Å². The second-order valence-electron chi connectivity index (χ2n) is 5.14. The second-order valence-corrected chi connectivity index (χ2v) is 5.14. The van der Waals surface area contributed by atoms with Gasteiger partial charge in [0.05, 0.1) is 25.8 Å². The predicted molar refractivity (Wildman–Crippen MR) is 75.7 cm³/mol. The molecule has 2 unspecified atom stereocenters. The van der Waals surface area contributed by atoms with Gasteiger partial charge in [0.2, 0.25) is 5.88 Å². The van der Waals surface area contributed by atoms with Gasteiger partial charge in [0.1, 0.15) is 0 Å². The first-order chi connectivity index (χ1) is 9.78. The third kappa shape index (κ3) is 2.56. The number of pyridine rings is 1. The molecule has 0 spiro atoms. The molecule has 0 aromatic carbocycles. The van der Waals surface area contributed by atoms with Crippen molar-refractivity contribution in [2.24, 2.45) is 10.7 Å². The minimum absolute atomic E-state index is 0.151. The van der Waals surface area contributed by atoms with E-state index in [1.807, 2.05) is 18.3 Å².